The molecule has 1 rings (SSSR count). The molecule has 1 aliphatic heterocycles. The summed E-state index contributed by atoms with van der Waals surface area (Å²) in [6.45, 7) is 40.9. The van der Waals surface area contributed by atoms with Gasteiger partial charge < -0.3 is 18.6 Å². The molecule has 1 aliphatic rings. The highest BCUT2D eigenvalue weighted by Crippen LogP contribution is 2.41. The molecule has 264 valence electrons. The minimum atomic E-state index is -1.84. The Kier molecular flexibility index (Phi) is 16.7. The zero-order valence-corrected chi connectivity index (χ0v) is 36.1. The van der Waals surface area contributed by atoms with E-state index in [1.165, 1.54) is 70.6 Å². The molecule has 0 bridgehead atoms. The second-order valence-corrected chi connectivity index (χ2v) is 33.7. The van der Waals surface area contributed by atoms with Gasteiger partial charge in [0.15, 0.2) is 25.0 Å². The maximum Gasteiger partial charge on any atom is 0.192 e. The Morgan fingerprint density at radius 1 is 0.591 bits per heavy atom. The molecule has 0 aromatic carbocycles. The first-order valence-electron chi connectivity index (χ1n) is 18.6. The van der Waals surface area contributed by atoms with Gasteiger partial charge in [0.2, 0.25) is 0 Å². The normalized spacial score (nSPS) is 21.5. The third-order valence-corrected chi connectivity index (χ3v) is 25.2. The lowest BCUT2D eigenvalue weighted by molar-refractivity contribution is -0.00797. The fourth-order valence-corrected chi connectivity index (χ4v) is 9.15. The van der Waals surface area contributed by atoms with Crippen LogP contribution >= 0.6 is 0 Å². The average Bonchev–Trinajstić information content (AvgIpc) is 2.81. The Hall–Kier alpha value is 0.491. The highest BCUT2D eigenvalue weighted by Gasteiger charge is 2.49. The zero-order chi connectivity index (χ0) is 34.2. The quantitative estimate of drug-likeness (QED) is 0.103. The number of hydrogen-bond donors (Lipinski definition) is 1. The number of rotatable bonds is 20. The Morgan fingerprint density at radius 2 is 1.05 bits per heavy atom. The van der Waals surface area contributed by atoms with E-state index in [1.807, 2.05) is 0 Å². The van der Waals surface area contributed by atoms with Crippen LogP contribution in [0.15, 0.2) is 0 Å². The Balaban J connectivity index is 2.42. The van der Waals surface area contributed by atoms with Gasteiger partial charge in [-0.25, -0.2) is 0 Å². The summed E-state index contributed by atoms with van der Waals surface area (Å²) >= 11 is 0. The van der Waals surface area contributed by atoms with E-state index in [2.05, 4.69) is 121 Å². The molecule has 0 radical (unpaired) electrons. The molecule has 4 atom stereocenters. The predicted octanol–water partition coefficient (Wildman–Crippen LogP) is 12.1. The molecule has 1 N–H and O–H groups in total. The molecule has 0 spiro atoms. The maximum atomic E-state index is 7.03. The lowest BCUT2D eigenvalue weighted by Gasteiger charge is -2.52. The largest absolute Gasteiger partial charge is 0.415 e. The first kappa shape index (κ1) is 42.5. The molecule has 1 saturated heterocycles. The van der Waals surface area contributed by atoms with Crippen molar-refractivity contribution in [3.05, 3.63) is 0 Å². The summed E-state index contributed by atoms with van der Waals surface area (Å²) in [5.41, 5.74) is 0. The van der Waals surface area contributed by atoms with Crippen molar-refractivity contribution < 1.29 is 13.3 Å². The van der Waals surface area contributed by atoms with Crippen LogP contribution in [-0.4, -0.2) is 55.9 Å². The summed E-state index contributed by atoms with van der Waals surface area (Å²) in [4.78, 5) is 0. The molecular weight excluding hydrogens is 591 g/mol. The van der Waals surface area contributed by atoms with Crippen molar-refractivity contribution >= 4 is 25.0 Å². The smallest absolute Gasteiger partial charge is 0.192 e. The molecular formula is C37H81NO3Si3. The van der Waals surface area contributed by atoms with Crippen LogP contribution in [0.25, 0.3) is 0 Å². The molecule has 4 nitrogen and oxygen atoms in total. The molecule has 0 aromatic rings. The van der Waals surface area contributed by atoms with Crippen molar-refractivity contribution in [2.75, 3.05) is 6.61 Å². The van der Waals surface area contributed by atoms with Gasteiger partial charge in [-0.05, 0) is 79.6 Å². The van der Waals surface area contributed by atoms with Gasteiger partial charge in [0.1, 0.15) is 0 Å². The van der Waals surface area contributed by atoms with E-state index < -0.39 is 25.0 Å². The standard InChI is InChI=1S/C37H81NO3Si3/c1-30(2)28-31(40-43(14,15)36(6,7)8)26-24-22-20-18-19-21-23-25-27-32-34(41-44(16,17)37(9,10)11)33(38-32)29-39-42(12,13)35(3,4)5/h30-34,38H,18-29H2,1-17H3/t31-,32-,33-,34+/m0/s1. The first-order valence-corrected chi connectivity index (χ1v) is 27.3. The second-order valence-electron chi connectivity index (χ2n) is 19.3. The van der Waals surface area contributed by atoms with Gasteiger partial charge in [0.25, 0.3) is 0 Å². The Bertz CT molecular complexity index is 808. The molecule has 0 aromatic heterocycles. The fourth-order valence-electron chi connectivity index (χ4n) is 5.35. The second kappa shape index (κ2) is 17.2. The van der Waals surface area contributed by atoms with Gasteiger partial charge in [0.05, 0.1) is 18.8 Å². The molecule has 0 aliphatic carbocycles. The van der Waals surface area contributed by atoms with Crippen LogP contribution < -0.4 is 5.32 Å². The molecule has 7 heteroatoms. The van der Waals surface area contributed by atoms with Gasteiger partial charge in [-0.2, -0.15) is 0 Å². The van der Waals surface area contributed by atoms with E-state index in [9.17, 15) is 0 Å². The van der Waals surface area contributed by atoms with Gasteiger partial charge in [0, 0.05) is 12.1 Å². The van der Waals surface area contributed by atoms with Crippen LogP contribution in [0.2, 0.25) is 54.4 Å². The van der Waals surface area contributed by atoms with E-state index in [4.69, 9.17) is 13.3 Å². The summed E-state index contributed by atoms with van der Waals surface area (Å²) in [6.07, 6.45) is 15.2. The highest BCUT2D eigenvalue weighted by molar-refractivity contribution is 6.75. The zero-order valence-electron chi connectivity index (χ0n) is 33.1. The van der Waals surface area contributed by atoms with Crippen molar-refractivity contribution in [3.63, 3.8) is 0 Å². The van der Waals surface area contributed by atoms with Crippen molar-refractivity contribution in [1.82, 2.24) is 5.32 Å². The van der Waals surface area contributed by atoms with E-state index in [0.29, 0.717) is 30.2 Å². The van der Waals surface area contributed by atoms with Gasteiger partial charge in [-0.15, -0.1) is 0 Å². The molecule has 1 heterocycles. The molecule has 0 unspecified atom stereocenters. The molecule has 0 amide bonds. The lowest BCUT2D eigenvalue weighted by atomic mass is 9.89. The number of nitrogens with one attached hydrogen (secondary N) is 1. The summed E-state index contributed by atoms with van der Waals surface area (Å²) in [5, 5.41) is 4.64. The van der Waals surface area contributed by atoms with Crippen molar-refractivity contribution in [2.24, 2.45) is 5.92 Å². The van der Waals surface area contributed by atoms with Crippen LogP contribution in [0.3, 0.4) is 0 Å². The van der Waals surface area contributed by atoms with Crippen LogP contribution in [0.4, 0.5) is 0 Å². The third kappa shape index (κ3) is 13.9. The van der Waals surface area contributed by atoms with Crippen LogP contribution in [-0.2, 0) is 13.3 Å². The van der Waals surface area contributed by atoms with E-state index in [0.717, 1.165) is 6.61 Å². The van der Waals surface area contributed by atoms with Crippen LogP contribution in [0.1, 0.15) is 147 Å². The summed E-state index contributed by atoms with van der Waals surface area (Å²) in [7, 11) is -5.30. The third-order valence-electron chi connectivity index (χ3n) is 11.7. The molecule has 44 heavy (non-hydrogen) atoms. The number of hydrogen-bond acceptors (Lipinski definition) is 4. The fraction of sp³-hybridized carbons (Fsp3) is 1.00. The predicted molar refractivity (Wildman–Crippen MR) is 204 cm³/mol. The molecule has 1 fully saturated rings. The average molecular weight is 672 g/mol. The first-order chi connectivity index (χ1) is 19.8. The van der Waals surface area contributed by atoms with Crippen molar-refractivity contribution in [3.8, 4) is 0 Å². The van der Waals surface area contributed by atoms with E-state index in [-0.39, 0.29) is 15.1 Å². The van der Waals surface area contributed by atoms with Crippen LogP contribution in [0.5, 0.6) is 0 Å². The minimum Gasteiger partial charge on any atom is -0.415 e. The van der Waals surface area contributed by atoms with Crippen molar-refractivity contribution in [2.45, 2.75) is 225 Å². The van der Waals surface area contributed by atoms with Crippen LogP contribution in [0, 0.1) is 5.92 Å². The topological polar surface area (TPSA) is 39.7 Å². The SMILES string of the molecule is CC(C)C[C@H](CCCCCCCCCC[C@@H]1N[C@@H](CO[Si](C)(C)C(C)(C)C)[C@@H]1O[Si](C)(C)C(C)(C)C)O[Si](C)(C)C(C)(C)C. The highest BCUT2D eigenvalue weighted by atomic mass is 28.4. The molecule has 0 saturated carbocycles. The Morgan fingerprint density at radius 3 is 1.50 bits per heavy atom. The van der Waals surface area contributed by atoms with E-state index in [1.54, 1.807) is 0 Å². The minimum absolute atomic E-state index is 0.227. The summed E-state index contributed by atoms with van der Waals surface area (Å²) in [6, 6.07) is 0.806. The lowest BCUT2D eigenvalue weighted by Crippen LogP contribution is -2.71. The maximum absolute atomic E-state index is 7.03. The summed E-state index contributed by atoms with van der Waals surface area (Å²) < 4.78 is 20.5. The Labute approximate surface area is 280 Å². The monoisotopic (exact) mass is 672 g/mol. The summed E-state index contributed by atoms with van der Waals surface area (Å²) in [5.74, 6) is 0.704. The van der Waals surface area contributed by atoms with Gasteiger partial charge in [-0.1, -0.05) is 128 Å². The number of unbranched alkanes of at least 4 members (excludes halogenated alkanes) is 7. The van der Waals surface area contributed by atoms with Crippen molar-refractivity contribution in [1.29, 1.82) is 0 Å². The van der Waals surface area contributed by atoms with E-state index >= 15 is 0 Å². The van der Waals surface area contributed by atoms with Gasteiger partial charge >= 0.3 is 0 Å². The van der Waals surface area contributed by atoms with Gasteiger partial charge in [-0.3, -0.25) is 0 Å².